The standard InChI is InChI=1S/C16H21NO2/c1-13(18)16(9-5-6-10-16)11-12-17-15(19)14-7-3-2-4-8-14/h2-4,7-8H,5-6,9-12H2,1H3,(H,17,19). The number of amides is 1. The van der Waals surface area contributed by atoms with Crippen LogP contribution in [0.1, 0.15) is 49.4 Å². The van der Waals surface area contributed by atoms with Crippen molar-refractivity contribution in [3.8, 4) is 0 Å². The molecule has 1 aromatic rings. The van der Waals surface area contributed by atoms with Gasteiger partial charge in [-0.15, -0.1) is 0 Å². The molecule has 0 heterocycles. The number of benzene rings is 1. The third-order valence-electron chi connectivity index (χ3n) is 4.23. The fraction of sp³-hybridized carbons (Fsp3) is 0.500. The van der Waals surface area contributed by atoms with Gasteiger partial charge in [0.15, 0.2) is 0 Å². The first kappa shape index (κ1) is 13.8. The Balaban J connectivity index is 1.86. The van der Waals surface area contributed by atoms with Crippen molar-refractivity contribution in [3.05, 3.63) is 35.9 Å². The summed E-state index contributed by atoms with van der Waals surface area (Å²) in [6, 6.07) is 9.18. The summed E-state index contributed by atoms with van der Waals surface area (Å²) in [5, 5.41) is 2.91. The molecular weight excluding hydrogens is 238 g/mol. The Morgan fingerprint density at radius 3 is 2.37 bits per heavy atom. The SMILES string of the molecule is CC(=O)C1(CCNC(=O)c2ccccc2)CCCC1. The maximum Gasteiger partial charge on any atom is 0.251 e. The van der Waals surface area contributed by atoms with E-state index in [9.17, 15) is 9.59 Å². The van der Waals surface area contributed by atoms with Crippen molar-refractivity contribution in [1.82, 2.24) is 5.32 Å². The van der Waals surface area contributed by atoms with Crippen LogP contribution >= 0.6 is 0 Å². The Hall–Kier alpha value is -1.64. The van der Waals surface area contributed by atoms with Crippen LogP contribution in [0.2, 0.25) is 0 Å². The fourth-order valence-electron chi connectivity index (χ4n) is 2.94. The first-order chi connectivity index (χ1) is 9.14. The van der Waals surface area contributed by atoms with Crippen LogP contribution < -0.4 is 5.32 Å². The van der Waals surface area contributed by atoms with Gasteiger partial charge in [0.1, 0.15) is 5.78 Å². The summed E-state index contributed by atoms with van der Waals surface area (Å²) >= 11 is 0. The lowest BCUT2D eigenvalue weighted by atomic mass is 9.79. The van der Waals surface area contributed by atoms with E-state index in [-0.39, 0.29) is 17.1 Å². The topological polar surface area (TPSA) is 46.2 Å². The number of hydrogen-bond acceptors (Lipinski definition) is 2. The second kappa shape index (κ2) is 6.00. The van der Waals surface area contributed by atoms with Crippen molar-refractivity contribution in [3.63, 3.8) is 0 Å². The molecule has 3 nitrogen and oxygen atoms in total. The zero-order valence-corrected chi connectivity index (χ0v) is 11.4. The molecule has 2 rings (SSSR count). The number of Topliss-reactive ketones (excluding diaryl/α,β-unsaturated/α-hetero) is 1. The molecule has 1 aromatic carbocycles. The predicted molar refractivity (Wildman–Crippen MR) is 75.0 cm³/mol. The van der Waals surface area contributed by atoms with Crippen molar-refractivity contribution in [2.45, 2.75) is 39.0 Å². The fourth-order valence-corrected chi connectivity index (χ4v) is 2.94. The van der Waals surface area contributed by atoms with Gasteiger partial charge >= 0.3 is 0 Å². The Labute approximate surface area is 114 Å². The number of carbonyl (C=O) groups excluding carboxylic acids is 2. The van der Waals surface area contributed by atoms with Gasteiger partial charge in [-0.2, -0.15) is 0 Å². The molecule has 0 radical (unpaired) electrons. The molecule has 1 amide bonds. The Morgan fingerprint density at radius 2 is 1.79 bits per heavy atom. The van der Waals surface area contributed by atoms with E-state index in [0.717, 1.165) is 32.1 Å². The van der Waals surface area contributed by atoms with Gasteiger partial charge in [-0.3, -0.25) is 9.59 Å². The highest BCUT2D eigenvalue weighted by Gasteiger charge is 2.37. The largest absolute Gasteiger partial charge is 0.352 e. The van der Waals surface area contributed by atoms with Gasteiger partial charge in [-0.05, 0) is 38.3 Å². The number of hydrogen-bond donors (Lipinski definition) is 1. The zero-order valence-electron chi connectivity index (χ0n) is 11.4. The van der Waals surface area contributed by atoms with Gasteiger partial charge in [-0.25, -0.2) is 0 Å². The lowest BCUT2D eigenvalue weighted by molar-refractivity contribution is -0.126. The second-order valence-electron chi connectivity index (χ2n) is 5.42. The van der Waals surface area contributed by atoms with E-state index in [1.807, 2.05) is 18.2 Å². The molecule has 102 valence electrons. The van der Waals surface area contributed by atoms with Crippen LogP contribution in [0.4, 0.5) is 0 Å². The summed E-state index contributed by atoms with van der Waals surface area (Å²) in [5.41, 5.74) is 0.495. The van der Waals surface area contributed by atoms with E-state index >= 15 is 0 Å². The summed E-state index contributed by atoms with van der Waals surface area (Å²) < 4.78 is 0. The van der Waals surface area contributed by atoms with E-state index in [0.29, 0.717) is 12.1 Å². The summed E-state index contributed by atoms with van der Waals surface area (Å²) in [6.45, 7) is 2.26. The van der Waals surface area contributed by atoms with Crippen LogP contribution in [0.5, 0.6) is 0 Å². The molecule has 0 unspecified atom stereocenters. The number of carbonyl (C=O) groups is 2. The maximum atomic E-state index is 11.9. The lowest BCUT2D eigenvalue weighted by Gasteiger charge is -2.25. The smallest absolute Gasteiger partial charge is 0.251 e. The van der Waals surface area contributed by atoms with Gasteiger partial charge in [-0.1, -0.05) is 31.0 Å². The van der Waals surface area contributed by atoms with Crippen LogP contribution in [-0.4, -0.2) is 18.2 Å². The van der Waals surface area contributed by atoms with Gasteiger partial charge in [0.05, 0.1) is 0 Å². The molecule has 0 aromatic heterocycles. The van der Waals surface area contributed by atoms with Gasteiger partial charge < -0.3 is 5.32 Å². The van der Waals surface area contributed by atoms with Crippen LogP contribution in [0, 0.1) is 5.41 Å². The number of nitrogens with one attached hydrogen (secondary N) is 1. The summed E-state index contributed by atoms with van der Waals surface area (Å²) in [4.78, 5) is 23.7. The molecule has 0 saturated heterocycles. The Bertz CT molecular complexity index is 447. The average Bonchev–Trinajstić information content (AvgIpc) is 2.90. The normalized spacial score (nSPS) is 17.1. The molecule has 0 bridgehead atoms. The minimum Gasteiger partial charge on any atom is -0.352 e. The van der Waals surface area contributed by atoms with E-state index in [2.05, 4.69) is 5.32 Å². The van der Waals surface area contributed by atoms with Crippen molar-refractivity contribution in [2.24, 2.45) is 5.41 Å². The Morgan fingerprint density at radius 1 is 1.16 bits per heavy atom. The van der Waals surface area contributed by atoms with Crippen LogP contribution in [-0.2, 0) is 4.79 Å². The van der Waals surface area contributed by atoms with Crippen LogP contribution in [0.25, 0.3) is 0 Å². The Kier molecular flexibility index (Phi) is 4.35. The van der Waals surface area contributed by atoms with Crippen molar-refractivity contribution in [1.29, 1.82) is 0 Å². The van der Waals surface area contributed by atoms with Gasteiger partial charge in [0.25, 0.3) is 5.91 Å². The molecular formula is C16H21NO2. The highest BCUT2D eigenvalue weighted by atomic mass is 16.1. The summed E-state index contributed by atoms with van der Waals surface area (Å²) in [7, 11) is 0. The highest BCUT2D eigenvalue weighted by Crippen LogP contribution is 2.41. The molecule has 3 heteroatoms. The molecule has 1 aliphatic carbocycles. The minimum atomic E-state index is -0.177. The van der Waals surface area contributed by atoms with Crippen LogP contribution in [0.15, 0.2) is 30.3 Å². The van der Waals surface area contributed by atoms with Crippen molar-refractivity contribution in [2.75, 3.05) is 6.54 Å². The minimum absolute atomic E-state index is 0.0581. The molecule has 1 N–H and O–H groups in total. The first-order valence-electron chi connectivity index (χ1n) is 6.98. The number of ketones is 1. The maximum absolute atomic E-state index is 11.9. The summed E-state index contributed by atoms with van der Waals surface area (Å²) in [6.07, 6.45) is 4.98. The second-order valence-corrected chi connectivity index (χ2v) is 5.42. The van der Waals surface area contributed by atoms with Crippen LogP contribution in [0.3, 0.4) is 0 Å². The van der Waals surface area contributed by atoms with E-state index in [4.69, 9.17) is 0 Å². The lowest BCUT2D eigenvalue weighted by Crippen LogP contribution is -2.33. The number of rotatable bonds is 5. The average molecular weight is 259 g/mol. The quantitative estimate of drug-likeness (QED) is 0.883. The van der Waals surface area contributed by atoms with Crippen molar-refractivity contribution < 1.29 is 9.59 Å². The monoisotopic (exact) mass is 259 g/mol. The summed E-state index contributed by atoms with van der Waals surface area (Å²) in [5.74, 6) is 0.219. The molecule has 1 saturated carbocycles. The highest BCUT2D eigenvalue weighted by molar-refractivity contribution is 5.94. The molecule has 0 atom stereocenters. The molecule has 1 fully saturated rings. The van der Waals surface area contributed by atoms with Gasteiger partial charge in [0.2, 0.25) is 0 Å². The molecule has 19 heavy (non-hydrogen) atoms. The van der Waals surface area contributed by atoms with Crippen molar-refractivity contribution >= 4 is 11.7 Å². The van der Waals surface area contributed by atoms with E-state index in [1.54, 1.807) is 19.1 Å². The predicted octanol–water partition coefficient (Wildman–Crippen LogP) is 2.96. The molecule has 0 aliphatic heterocycles. The van der Waals surface area contributed by atoms with E-state index in [1.165, 1.54) is 0 Å². The molecule has 0 spiro atoms. The third kappa shape index (κ3) is 3.22. The zero-order chi connectivity index (χ0) is 13.7. The van der Waals surface area contributed by atoms with Gasteiger partial charge in [0, 0.05) is 17.5 Å². The van der Waals surface area contributed by atoms with E-state index < -0.39 is 0 Å². The third-order valence-corrected chi connectivity index (χ3v) is 4.23. The molecule has 1 aliphatic rings. The first-order valence-corrected chi connectivity index (χ1v) is 6.98.